The van der Waals surface area contributed by atoms with Crippen LogP contribution in [0.2, 0.25) is 5.02 Å². The SMILES string of the molecule is Cc1ccc(NC(=O)c2cc(-c3ccccc3Cl)nc3ccccc23)nc1. The number of amides is 1. The van der Waals surface area contributed by atoms with E-state index < -0.39 is 0 Å². The number of carbonyl (C=O) groups is 1. The van der Waals surface area contributed by atoms with Crippen molar-refractivity contribution in [3.63, 3.8) is 0 Å². The van der Waals surface area contributed by atoms with Crippen LogP contribution in [0.3, 0.4) is 0 Å². The lowest BCUT2D eigenvalue weighted by Crippen LogP contribution is -2.14. The lowest BCUT2D eigenvalue weighted by atomic mass is 10.0. The summed E-state index contributed by atoms with van der Waals surface area (Å²) in [5.74, 6) is 0.268. The molecule has 1 amide bonds. The summed E-state index contributed by atoms with van der Waals surface area (Å²) < 4.78 is 0. The number of rotatable bonds is 3. The number of carbonyl (C=O) groups excluding carboxylic acids is 1. The van der Waals surface area contributed by atoms with Crippen LogP contribution in [-0.2, 0) is 0 Å². The molecule has 0 radical (unpaired) electrons. The molecule has 2 aromatic heterocycles. The summed E-state index contributed by atoms with van der Waals surface area (Å²) >= 11 is 6.34. The van der Waals surface area contributed by atoms with Crippen LogP contribution in [0, 0.1) is 6.92 Å². The molecule has 2 heterocycles. The van der Waals surface area contributed by atoms with E-state index in [-0.39, 0.29) is 5.91 Å². The summed E-state index contributed by atoms with van der Waals surface area (Å²) in [6.45, 7) is 1.95. The van der Waals surface area contributed by atoms with Gasteiger partial charge in [-0.2, -0.15) is 0 Å². The molecule has 0 spiro atoms. The number of para-hydroxylation sites is 1. The van der Waals surface area contributed by atoms with Gasteiger partial charge >= 0.3 is 0 Å². The molecule has 0 unspecified atom stereocenters. The van der Waals surface area contributed by atoms with Crippen molar-refractivity contribution in [2.45, 2.75) is 6.92 Å². The normalized spacial score (nSPS) is 10.7. The van der Waals surface area contributed by atoms with Gasteiger partial charge in [0.15, 0.2) is 0 Å². The third kappa shape index (κ3) is 3.52. The summed E-state index contributed by atoms with van der Waals surface area (Å²) in [6, 6.07) is 20.5. The lowest BCUT2D eigenvalue weighted by molar-refractivity contribution is 0.102. The van der Waals surface area contributed by atoms with Crippen molar-refractivity contribution < 1.29 is 4.79 Å². The Balaban J connectivity index is 1.82. The highest BCUT2D eigenvalue weighted by molar-refractivity contribution is 6.33. The molecular weight excluding hydrogens is 358 g/mol. The zero-order valence-electron chi connectivity index (χ0n) is 14.6. The molecule has 2 aromatic carbocycles. The molecule has 0 aliphatic heterocycles. The molecule has 0 fully saturated rings. The van der Waals surface area contributed by atoms with E-state index in [1.165, 1.54) is 0 Å². The number of halogens is 1. The molecule has 0 saturated carbocycles. The van der Waals surface area contributed by atoms with Gasteiger partial charge in [0.1, 0.15) is 5.82 Å². The number of fused-ring (bicyclic) bond motifs is 1. The van der Waals surface area contributed by atoms with Crippen LogP contribution in [-0.4, -0.2) is 15.9 Å². The molecule has 0 aliphatic rings. The van der Waals surface area contributed by atoms with Gasteiger partial charge in [0, 0.05) is 22.2 Å². The molecule has 0 atom stereocenters. The Morgan fingerprint density at radius 2 is 1.78 bits per heavy atom. The Hall–Kier alpha value is -3.24. The van der Waals surface area contributed by atoms with E-state index in [4.69, 9.17) is 11.6 Å². The molecule has 132 valence electrons. The van der Waals surface area contributed by atoms with Crippen LogP contribution < -0.4 is 5.32 Å². The Labute approximate surface area is 161 Å². The van der Waals surface area contributed by atoms with Crippen molar-refractivity contribution >= 4 is 34.2 Å². The van der Waals surface area contributed by atoms with Crippen molar-refractivity contribution in [1.29, 1.82) is 0 Å². The maximum atomic E-state index is 13.0. The highest BCUT2D eigenvalue weighted by Gasteiger charge is 2.15. The smallest absolute Gasteiger partial charge is 0.257 e. The van der Waals surface area contributed by atoms with Gasteiger partial charge in [-0.15, -0.1) is 0 Å². The highest BCUT2D eigenvalue weighted by Crippen LogP contribution is 2.30. The van der Waals surface area contributed by atoms with Crippen molar-refractivity contribution in [2.75, 3.05) is 5.32 Å². The van der Waals surface area contributed by atoms with Gasteiger partial charge in [-0.1, -0.05) is 54.1 Å². The topological polar surface area (TPSA) is 54.9 Å². The van der Waals surface area contributed by atoms with E-state index in [0.717, 1.165) is 22.0 Å². The summed E-state index contributed by atoms with van der Waals surface area (Å²) in [5, 5.41) is 4.23. The number of aryl methyl sites for hydroxylation is 1. The monoisotopic (exact) mass is 373 g/mol. The van der Waals surface area contributed by atoms with Gasteiger partial charge in [-0.05, 0) is 36.8 Å². The summed E-state index contributed by atoms with van der Waals surface area (Å²) in [7, 11) is 0. The molecular formula is C22H16ClN3O. The van der Waals surface area contributed by atoms with E-state index in [9.17, 15) is 4.79 Å². The van der Waals surface area contributed by atoms with Crippen LogP contribution in [0.5, 0.6) is 0 Å². The standard InChI is InChI=1S/C22H16ClN3O/c1-14-10-11-21(24-13-14)26-22(27)17-12-20(16-7-2-4-8-18(16)23)25-19-9-5-3-6-15(17)19/h2-13H,1H3,(H,24,26,27). The predicted molar refractivity (Wildman–Crippen MR) is 109 cm³/mol. The fraction of sp³-hybridized carbons (Fsp3) is 0.0455. The fourth-order valence-electron chi connectivity index (χ4n) is 2.90. The molecule has 4 aromatic rings. The second-order valence-corrected chi connectivity index (χ2v) is 6.63. The van der Waals surface area contributed by atoms with E-state index >= 15 is 0 Å². The first-order valence-corrected chi connectivity index (χ1v) is 8.88. The minimum absolute atomic E-state index is 0.238. The Morgan fingerprint density at radius 1 is 1.00 bits per heavy atom. The molecule has 4 nitrogen and oxygen atoms in total. The first-order chi connectivity index (χ1) is 13.1. The van der Waals surface area contributed by atoms with Crippen LogP contribution in [0.1, 0.15) is 15.9 Å². The largest absolute Gasteiger partial charge is 0.307 e. The zero-order valence-corrected chi connectivity index (χ0v) is 15.4. The molecule has 1 N–H and O–H groups in total. The number of benzene rings is 2. The minimum Gasteiger partial charge on any atom is -0.307 e. The van der Waals surface area contributed by atoms with Crippen LogP contribution >= 0.6 is 11.6 Å². The van der Waals surface area contributed by atoms with Gasteiger partial charge in [0.05, 0.1) is 16.8 Å². The van der Waals surface area contributed by atoms with Gasteiger partial charge in [-0.25, -0.2) is 9.97 Å². The average Bonchev–Trinajstić information content (AvgIpc) is 2.69. The molecule has 27 heavy (non-hydrogen) atoms. The Kier molecular flexibility index (Phi) is 4.57. The number of nitrogens with one attached hydrogen (secondary N) is 1. The number of anilines is 1. The Bertz CT molecular complexity index is 1140. The number of pyridine rings is 2. The van der Waals surface area contributed by atoms with Crippen LogP contribution in [0.15, 0.2) is 72.9 Å². The van der Waals surface area contributed by atoms with Gasteiger partial charge in [0.2, 0.25) is 0 Å². The van der Waals surface area contributed by atoms with E-state index in [2.05, 4.69) is 15.3 Å². The van der Waals surface area contributed by atoms with Crippen molar-refractivity contribution in [1.82, 2.24) is 9.97 Å². The maximum Gasteiger partial charge on any atom is 0.257 e. The quantitative estimate of drug-likeness (QED) is 0.515. The highest BCUT2D eigenvalue weighted by atomic mass is 35.5. The number of hydrogen-bond acceptors (Lipinski definition) is 3. The van der Waals surface area contributed by atoms with Crippen molar-refractivity contribution in [3.05, 3.63) is 89.1 Å². The summed E-state index contributed by atoms with van der Waals surface area (Å²) in [5.41, 5.74) is 3.73. The van der Waals surface area contributed by atoms with Crippen LogP contribution in [0.25, 0.3) is 22.2 Å². The Morgan fingerprint density at radius 3 is 2.56 bits per heavy atom. The number of nitrogens with zero attached hydrogens (tertiary/aromatic N) is 2. The molecule has 5 heteroatoms. The van der Waals surface area contributed by atoms with Crippen molar-refractivity contribution in [2.24, 2.45) is 0 Å². The fourth-order valence-corrected chi connectivity index (χ4v) is 3.13. The lowest BCUT2D eigenvalue weighted by Gasteiger charge is -2.11. The second kappa shape index (κ2) is 7.17. The first kappa shape index (κ1) is 17.2. The number of hydrogen-bond donors (Lipinski definition) is 1. The maximum absolute atomic E-state index is 13.0. The summed E-state index contributed by atoms with van der Waals surface area (Å²) in [6.07, 6.45) is 1.72. The zero-order chi connectivity index (χ0) is 18.8. The minimum atomic E-state index is -0.238. The molecule has 0 aliphatic carbocycles. The van der Waals surface area contributed by atoms with E-state index in [1.807, 2.05) is 61.5 Å². The average molecular weight is 374 g/mol. The third-order valence-electron chi connectivity index (χ3n) is 4.26. The third-order valence-corrected chi connectivity index (χ3v) is 4.59. The van der Waals surface area contributed by atoms with E-state index in [1.54, 1.807) is 18.3 Å². The van der Waals surface area contributed by atoms with Crippen LogP contribution in [0.4, 0.5) is 5.82 Å². The van der Waals surface area contributed by atoms with Gasteiger partial charge < -0.3 is 5.32 Å². The van der Waals surface area contributed by atoms with Gasteiger partial charge in [-0.3, -0.25) is 4.79 Å². The van der Waals surface area contributed by atoms with Crippen molar-refractivity contribution in [3.8, 4) is 11.3 Å². The van der Waals surface area contributed by atoms with E-state index in [0.29, 0.717) is 22.1 Å². The van der Waals surface area contributed by atoms with Gasteiger partial charge in [0.25, 0.3) is 5.91 Å². The first-order valence-electron chi connectivity index (χ1n) is 8.50. The number of aromatic nitrogens is 2. The molecule has 0 bridgehead atoms. The summed E-state index contributed by atoms with van der Waals surface area (Å²) in [4.78, 5) is 21.9. The predicted octanol–water partition coefficient (Wildman–Crippen LogP) is 5.51. The second-order valence-electron chi connectivity index (χ2n) is 6.23. The molecule has 0 saturated heterocycles. The molecule has 4 rings (SSSR count).